The Bertz CT molecular complexity index is 554. The predicted molar refractivity (Wildman–Crippen MR) is 75.5 cm³/mol. The van der Waals surface area contributed by atoms with Gasteiger partial charge in [0.15, 0.2) is 0 Å². The number of ether oxygens (including phenoxy) is 1. The lowest BCUT2D eigenvalue weighted by atomic mass is 10.0. The van der Waals surface area contributed by atoms with Gasteiger partial charge in [0, 0.05) is 6.54 Å². The molecule has 0 atom stereocenters. The molecule has 3 rings (SSSR count). The summed E-state index contributed by atoms with van der Waals surface area (Å²) in [5.74, 6) is 1.89. The zero-order valence-corrected chi connectivity index (χ0v) is 11.7. The van der Waals surface area contributed by atoms with Crippen LogP contribution in [0.25, 0.3) is 0 Å². The van der Waals surface area contributed by atoms with Crippen molar-refractivity contribution < 1.29 is 13.2 Å². The molecule has 1 aromatic rings. The van der Waals surface area contributed by atoms with E-state index in [1.165, 1.54) is 5.56 Å². The summed E-state index contributed by atoms with van der Waals surface area (Å²) in [4.78, 5) is 0. The van der Waals surface area contributed by atoms with Gasteiger partial charge in [0.25, 0.3) is 0 Å². The minimum Gasteiger partial charge on any atom is -0.491 e. The highest BCUT2D eigenvalue weighted by Crippen LogP contribution is 2.33. The van der Waals surface area contributed by atoms with Gasteiger partial charge in [-0.1, -0.05) is 12.1 Å². The van der Waals surface area contributed by atoms with Gasteiger partial charge in [-0.2, -0.15) is 0 Å². The van der Waals surface area contributed by atoms with Crippen molar-refractivity contribution >= 4 is 15.5 Å². The number of fused-ring (bicyclic) bond motifs is 1. The molecule has 0 amide bonds. The summed E-state index contributed by atoms with van der Waals surface area (Å²) in [6.45, 7) is 1.59. The number of hydrogen-bond donors (Lipinski definition) is 1. The summed E-state index contributed by atoms with van der Waals surface area (Å²) in [5.41, 5.74) is 2.43. The van der Waals surface area contributed by atoms with Crippen molar-refractivity contribution in [2.45, 2.75) is 19.3 Å². The summed E-state index contributed by atoms with van der Waals surface area (Å²) in [7, 11) is -2.78. The standard InChI is InChI=1S/C14H19NO3S/c16-19(17)8-5-11(6-9-19)10-18-13-3-1-2-12-4-7-15-14(12)13/h1-3,11,15H,4-10H2. The van der Waals surface area contributed by atoms with Crippen LogP contribution >= 0.6 is 0 Å². The van der Waals surface area contributed by atoms with E-state index in [1.807, 2.05) is 12.1 Å². The Kier molecular flexibility index (Phi) is 3.39. The van der Waals surface area contributed by atoms with Crippen LogP contribution in [-0.2, 0) is 16.3 Å². The molecule has 2 aliphatic rings. The van der Waals surface area contributed by atoms with Crippen molar-refractivity contribution in [3.8, 4) is 5.75 Å². The molecule has 0 saturated carbocycles. The molecular formula is C14H19NO3S. The molecule has 0 aromatic heterocycles. The van der Waals surface area contributed by atoms with Crippen LogP contribution in [-0.4, -0.2) is 33.1 Å². The summed E-state index contributed by atoms with van der Waals surface area (Å²) in [6, 6.07) is 6.12. The Morgan fingerprint density at radius 2 is 2.05 bits per heavy atom. The fourth-order valence-corrected chi connectivity index (χ4v) is 4.33. The zero-order valence-electron chi connectivity index (χ0n) is 10.9. The van der Waals surface area contributed by atoms with Gasteiger partial charge in [0.1, 0.15) is 15.6 Å². The topological polar surface area (TPSA) is 55.4 Å². The molecule has 1 aromatic carbocycles. The number of nitrogens with one attached hydrogen (secondary N) is 1. The van der Waals surface area contributed by atoms with Crippen LogP contribution in [0.4, 0.5) is 5.69 Å². The molecule has 0 unspecified atom stereocenters. The van der Waals surface area contributed by atoms with E-state index in [-0.39, 0.29) is 0 Å². The van der Waals surface area contributed by atoms with Crippen LogP contribution < -0.4 is 10.1 Å². The Morgan fingerprint density at radius 1 is 1.26 bits per heavy atom. The molecule has 2 heterocycles. The lowest BCUT2D eigenvalue weighted by Crippen LogP contribution is -2.27. The number of para-hydroxylation sites is 1. The van der Waals surface area contributed by atoms with Gasteiger partial charge in [-0.05, 0) is 36.8 Å². The SMILES string of the molecule is O=S1(=O)CCC(COc2cccc3c2NCC3)CC1. The van der Waals surface area contributed by atoms with Crippen molar-refractivity contribution in [3.05, 3.63) is 23.8 Å². The molecule has 1 N–H and O–H groups in total. The Balaban J connectivity index is 1.60. The second-order valence-electron chi connectivity index (χ2n) is 5.37. The smallest absolute Gasteiger partial charge is 0.150 e. The van der Waals surface area contributed by atoms with Gasteiger partial charge in [0.05, 0.1) is 23.8 Å². The third kappa shape index (κ3) is 2.86. The van der Waals surface area contributed by atoms with Crippen molar-refractivity contribution in [1.29, 1.82) is 0 Å². The average Bonchev–Trinajstić information content (AvgIpc) is 2.86. The molecule has 104 valence electrons. The first-order valence-corrected chi connectivity index (χ1v) is 8.65. The van der Waals surface area contributed by atoms with Crippen molar-refractivity contribution in [3.63, 3.8) is 0 Å². The van der Waals surface area contributed by atoms with E-state index in [9.17, 15) is 8.42 Å². The summed E-state index contributed by atoms with van der Waals surface area (Å²) in [5, 5.41) is 3.35. The van der Waals surface area contributed by atoms with Gasteiger partial charge in [-0.25, -0.2) is 8.42 Å². The van der Waals surface area contributed by atoms with Gasteiger partial charge in [0.2, 0.25) is 0 Å². The monoisotopic (exact) mass is 281 g/mol. The quantitative estimate of drug-likeness (QED) is 0.919. The van der Waals surface area contributed by atoms with Crippen LogP contribution in [0.1, 0.15) is 18.4 Å². The maximum Gasteiger partial charge on any atom is 0.150 e. The molecule has 0 aliphatic carbocycles. The van der Waals surface area contributed by atoms with Gasteiger partial charge in [-0.3, -0.25) is 0 Å². The molecule has 1 saturated heterocycles. The van der Waals surface area contributed by atoms with Crippen LogP contribution in [0, 0.1) is 5.92 Å². The van der Waals surface area contributed by atoms with E-state index in [1.54, 1.807) is 0 Å². The normalized spacial score (nSPS) is 21.7. The van der Waals surface area contributed by atoms with Crippen LogP contribution in [0.5, 0.6) is 5.75 Å². The maximum atomic E-state index is 11.4. The van der Waals surface area contributed by atoms with Crippen molar-refractivity contribution in [2.75, 3.05) is 30.0 Å². The van der Waals surface area contributed by atoms with E-state index in [0.29, 0.717) is 24.0 Å². The fraction of sp³-hybridized carbons (Fsp3) is 0.571. The highest BCUT2D eigenvalue weighted by molar-refractivity contribution is 7.91. The first-order valence-electron chi connectivity index (χ1n) is 6.83. The van der Waals surface area contributed by atoms with Gasteiger partial charge in [-0.15, -0.1) is 0 Å². The molecule has 4 nitrogen and oxygen atoms in total. The third-order valence-electron chi connectivity index (χ3n) is 3.96. The first-order chi connectivity index (χ1) is 9.14. The van der Waals surface area contributed by atoms with Crippen molar-refractivity contribution in [1.82, 2.24) is 0 Å². The molecule has 0 spiro atoms. The Labute approximate surface area is 114 Å². The largest absolute Gasteiger partial charge is 0.491 e. The maximum absolute atomic E-state index is 11.4. The molecule has 0 bridgehead atoms. The lowest BCUT2D eigenvalue weighted by Gasteiger charge is -2.22. The van der Waals surface area contributed by atoms with Crippen LogP contribution in [0.3, 0.4) is 0 Å². The van der Waals surface area contributed by atoms with E-state index < -0.39 is 9.84 Å². The van der Waals surface area contributed by atoms with Gasteiger partial charge < -0.3 is 10.1 Å². The van der Waals surface area contributed by atoms with E-state index in [0.717, 1.165) is 37.2 Å². The highest BCUT2D eigenvalue weighted by atomic mass is 32.2. The molecular weight excluding hydrogens is 262 g/mol. The number of anilines is 1. The minimum atomic E-state index is -2.78. The van der Waals surface area contributed by atoms with Crippen LogP contribution in [0.15, 0.2) is 18.2 Å². The van der Waals surface area contributed by atoms with Gasteiger partial charge >= 0.3 is 0 Å². The molecule has 19 heavy (non-hydrogen) atoms. The molecule has 1 fully saturated rings. The third-order valence-corrected chi connectivity index (χ3v) is 5.67. The van der Waals surface area contributed by atoms with Crippen molar-refractivity contribution in [2.24, 2.45) is 5.92 Å². The number of benzene rings is 1. The van der Waals surface area contributed by atoms with E-state index >= 15 is 0 Å². The summed E-state index contributed by atoms with van der Waals surface area (Å²) >= 11 is 0. The number of hydrogen-bond acceptors (Lipinski definition) is 4. The second kappa shape index (κ2) is 5.04. The molecule has 0 radical (unpaired) electrons. The summed E-state index contributed by atoms with van der Waals surface area (Å²) in [6.07, 6.45) is 2.50. The molecule has 2 aliphatic heterocycles. The zero-order chi connectivity index (χ0) is 13.3. The number of rotatable bonds is 3. The average molecular weight is 281 g/mol. The Hall–Kier alpha value is -1.23. The first kappa shape index (κ1) is 12.8. The predicted octanol–water partition coefficient (Wildman–Crippen LogP) is 1.86. The summed E-state index contributed by atoms with van der Waals surface area (Å²) < 4.78 is 28.6. The second-order valence-corrected chi connectivity index (χ2v) is 7.68. The van der Waals surface area contributed by atoms with E-state index in [4.69, 9.17) is 4.74 Å². The Morgan fingerprint density at radius 3 is 2.84 bits per heavy atom. The van der Waals surface area contributed by atoms with Crippen LogP contribution in [0.2, 0.25) is 0 Å². The lowest BCUT2D eigenvalue weighted by molar-refractivity contribution is 0.239. The fourth-order valence-electron chi connectivity index (χ4n) is 2.74. The number of sulfone groups is 1. The van der Waals surface area contributed by atoms with E-state index in [2.05, 4.69) is 11.4 Å². The minimum absolute atomic E-state index is 0.312. The molecule has 5 heteroatoms. The highest BCUT2D eigenvalue weighted by Gasteiger charge is 2.24.